The van der Waals surface area contributed by atoms with Crippen molar-refractivity contribution >= 4 is 17.6 Å². The third-order valence-corrected chi connectivity index (χ3v) is 5.02. The molecule has 0 radical (unpaired) electrons. The summed E-state index contributed by atoms with van der Waals surface area (Å²) >= 11 is 0. The molecular weight excluding hydrogens is 308 g/mol. The molecule has 1 aromatic rings. The molecule has 2 fully saturated rings. The quantitative estimate of drug-likeness (QED) is 0.825. The highest BCUT2D eigenvalue weighted by atomic mass is 16.5. The maximum Gasteiger partial charge on any atom is 0.310 e. The molecule has 3 rings (SSSR count). The molecule has 0 bridgehead atoms. The molecule has 1 aromatic heterocycles. The van der Waals surface area contributed by atoms with E-state index in [1.165, 1.54) is 7.11 Å². The van der Waals surface area contributed by atoms with Crippen molar-refractivity contribution in [2.45, 2.75) is 25.7 Å². The highest BCUT2D eigenvalue weighted by Crippen LogP contribution is 2.26. The molecule has 0 saturated carbocycles. The molecule has 2 aliphatic rings. The fourth-order valence-electron chi connectivity index (χ4n) is 3.65. The monoisotopic (exact) mass is 334 g/mol. The predicted molar refractivity (Wildman–Crippen MR) is 91.0 cm³/mol. The number of hydrogen-bond acceptors (Lipinski definition) is 7. The van der Waals surface area contributed by atoms with E-state index in [0.29, 0.717) is 12.5 Å². The van der Waals surface area contributed by atoms with E-state index in [-0.39, 0.29) is 18.5 Å². The van der Waals surface area contributed by atoms with Crippen molar-refractivity contribution in [3.8, 4) is 0 Å². The van der Waals surface area contributed by atoms with Gasteiger partial charge in [0.1, 0.15) is 18.0 Å². The number of aliphatic hydroxyl groups excluding tert-OH is 1. The van der Waals surface area contributed by atoms with E-state index in [1.807, 2.05) is 6.07 Å². The number of carbonyl (C=O) groups is 1. The lowest BCUT2D eigenvalue weighted by Crippen LogP contribution is -2.40. The molecule has 7 nitrogen and oxygen atoms in total. The van der Waals surface area contributed by atoms with E-state index in [4.69, 9.17) is 4.74 Å². The minimum Gasteiger partial charge on any atom is -0.469 e. The number of methoxy groups -OCH3 is 1. The van der Waals surface area contributed by atoms with Crippen molar-refractivity contribution in [3.05, 3.63) is 12.4 Å². The molecule has 0 amide bonds. The van der Waals surface area contributed by atoms with Crippen LogP contribution in [0.5, 0.6) is 0 Å². The van der Waals surface area contributed by atoms with Crippen LogP contribution in [0.4, 0.5) is 11.6 Å². The van der Waals surface area contributed by atoms with Crippen LogP contribution in [0.3, 0.4) is 0 Å². The Morgan fingerprint density at radius 3 is 2.54 bits per heavy atom. The molecule has 132 valence electrons. The molecule has 2 aliphatic heterocycles. The minimum atomic E-state index is -0.143. The summed E-state index contributed by atoms with van der Waals surface area (Å²) in [4.78, 5) is 25.0. The van der Waals surface area contributed by atoms with Crippen molar-refractivity contribution in [2.75, 3.05) is 49.7 Å². The Kier molecular flexibility index (Phi) is 5.50. The van der Waals surface area contributed by atoms with E-state index in [1.54, 1.807) is 6.33 Å². The first-order valence-electron chi connectivity index (χ1n) is 8.72. The molecule has 0 aliphatic carbocycles. The van der Waals surface area contributed by atoms with E-state index in [2.05, 4.69) is 19.8 Å². The molecule has 24 heavy (non-hydrogen) atoms. The molecule has 3 heterocycles. The number of ether oxygens (including phenoxy) is 1. The van der Waals surface area contributed by atoms with Crippen molar-refractivity contribution in [1.29, 1.82) is 0 Å². The fourth-order valence-corrected chi connectivity index (χ4v) is 3.65. The minimum absolute atomic E-state index is 0.0871. The first kappa shape index (κ1) is 17.0. The van der Waals surface area contributed by atoms with E-state index < -0.39 is 0 Å². The van der Waals surface area contributed by atoms with E-state index in [0.717, 1.165) is 57.0 Å². The van der Waals surface area contributed by atoms with Gasteiger partial charge in [0.05, 0.1) is 13.0 Å². The summed E-state index contributed by atoms with van der Waals surface area (Å²) in [6.45, 7) is 3.54. The number of aromatic nitrogens is 2. The number of aliphatic hydroxyl groups is 1. The normalized spacial score (nSPS) is 24.8. The molecule has 0 spiro atoms. The number of carbonyl (C=O) groups excluding carboxylic acids is 1. The van der Waals surface area contributed by atoms with E-state index >= 15 is 0 Å². The highest BCUT2D eigenvalue weighted by Gasteiger charge is 2.28. The maximum absolute atomic E-state index is 11.8. The van der Waals surface area contributed by atoms with Gasteiger partial charge in [-0.2, -0.15) is 0 Å². The van der Waals surface area contributed by atoms with E-state index in [9.17, 15) is 9.90 Å². The Morgan fingerprint density at radius 2 is 1.88 bits per heavy atom. The molecule has 1 N–H and O–H groups in total. The number of hydrogen-bond donors (Lipinski definition) is 1. The SMILES string of the molecule is COC(=O)[C@@H]1CCCN(c2cc(N3CCCC(CO)C3)ncn2)C1. The summed E-state index contributed by atoms with van der Waals surface area (Å²) in [6, 6.07) is 2.00. The van der Waals surface area contributed by atoms with Gasteiger partial charge >= 0.3 is 5.97 Å². The number of anilines is 2. The van der Waals surface area contributed by atoms with Crippen LogP contribution >= 0.6 is 0 Å². The summed E-state index contributed by atoms with van der Waals surface area (Å²) in [5.74, 6) is 1.85. The average molecular weight is 334 g/mol. The van der Waals surface area contributed by atoms with Gasteiger partial charge in [-0.3, -0.25) is 4.79 Å². The molecular formula is C17H26N4O3. The van der Waals surface area contributed by atoms with Crippen molar-refractivity contribution < 1.29 is 14.6 Å². The molecule has 7 heteroatoms. The smallest absolute Gasteiger partial charge is 0.310 e. The van der Waals surface area contributed by atoms with Crippen LogP contribution in [-0.4, -0.2) is 60.9 Å². The first-order chi connectivity index (χ1) is 11.7. The standard InChI is InChI=1S/C17H26N4O3/c1-24-17(23)14-5-3-7-21(10-14)16-8-15(18-12-19-16)20-6-2-4-13(9-20)11-22/h8,12-14,22H,2-7,9-11H2,1H3/t13?,14-/m1/s1. The van der Waals surface area contributed by atoms with Crippen LogP contribution < -0.4 is 9.80 Å². The average Bonchev–Trinajstić information content (AvgIpc) is 2.67. The molecule has 2 atom stereocenters. The van der Waals surface area contributed by atoms with Crippen LogP contribution in [0.1, 0.15) is 25.7 Å². The Balaban J connectivity index is 1.71. The Bertz CT molecular complexity index is 569. The Morgan fingerprint density at radius 1 is 1.21 bits per heavy atom. The first-order valence-corrected chi connectivity index (χ1v) is 8.72. The maximum atomic E-state index is 11.8. The van der Waals surface area contributed by atoms with Crippen LogP contribution in [-0.2, 0) is 9.53 Å². The second-order valence-corrected chi connectivity index (χ2v) is 6.68. The number of esters is 1. The number of rotatable bonds is 4. The van der Waals surface area contributed by atoms with Gasteiger partial charge in [0.2, 0.25) is 0 Å². The van der Waals surface area contributed by atoms with Gasteiger partial charge in [-0.1, -0.05) is 0 Å². The lowest BCUT2D eigenvalue weighted by atomic mass is 9.98. The zero-order chi connectivity index (χ0) is 16.9. The molecule has 2 saturated heterocycles. The summed E-state index contributed by atoms with van der Waals surface area (Å²) in [5, 5.41) is 9.41. The van der Waals surface area contributed by atoms with Gasteiger partial charge in [0, 0.05) is 38.9 Å². The second-order valence-electron chi connectivity index (χ2n) is 6.68. The second kappa shape index (κ2) is 7.79. The lowest BCUT2D eigenvalue weighted by molar-refractivity contribution is -0.145. The lowest BCUT2D eigenvalue weighted by Gasteiger charge is -2.34. The van der Waals surface area contributed by atoms with Crippen LogP contribution in [0.15, 0.2) is 12.4 Å². The largest absolute Gasteiger partial charge is 0.469 e. The van der Waals surface area contributed by atoms with Gasteiger partial charge in [-0.15, -0.1) is 0 Å². The van der Waals surface area contributed by atoms with Gasteiger partial charge in [0.25, 0.3) is 0 Å². The third-order valence-electron chi connectivity index (χ3n) is 5.02. The van der Waals surface area contributed by atoms with Crippen LogP contribution in [0.2, 0.25) is 0 Å². The predicted octanol–water partition coefficient (Wildman–Crippen LogP) is 1.07. The van der Waals surface area contributed by atoms with Crippen LogP contribution in [0, 0.1) is 11.8 Å². The summed E-state index contributed by atoms with van der Waals surface area (Å²) in [6.07, 6.45) is 5.55. The summed E-state index contributed by atoms with van der Waals surface area (Å²) in [7, 11) is 1.44. The van der Waals surface area contributed by atoms with Gasteiger partial charge in [-0.05, 0) is 31.6 Å². The Labute approximate surface area is 142 Å². The zero-order valence-corrected chi connectivity index (χ0v) is 14.2. The van der Waals surface area contributed by atoms with Crippen molar-refractivity contribution in [2.24, 2.45) is 11.8 Å². The van der Waals surface area contributed by atoms with Gasteiger partial charge in [-0.25, -0.2) is 9.97 Å². The van der Waals surface area contributed by atoms with Crippen molar-refractivity contribution in [1.82, 2.24) is 9.97 Å². The molecule has 0 aromatic carbocycles. The number of nitrogens with zero attached hydrogens (tertiary/aromatic N) is 4. The van der Waals surface area contributed by atoms with Gasteiger partial charge in [0.15, 0.2) is 0 Å². The molecule has 1 unspecified atom stereocenters. The Hall–Kier alpha value is -1.89. The number of piperidine rings is 2. The fraction of sp³-hybridized carbons (Fsp3) is 0.706. The zero-order valence-electron chi connectivity index (χ0n) is 14.2. The topological polar surface area (TPSA) is 78.8 Å². The summed E-state index contributed by atoms with van der Waals surface area (Å²) < 4.78 is 4.89. The summed E-state index contributed by atoms with van der Waals surface area (Å²) in [5.41, 5.74) is 0. The third kappa shape index (κ3) is 3.77. The van der Waals surface area contributed by atoms with Gasteiger partial charge < -0.3 is 19.6 Å². The highest BCUT2D eigenvalue weighted by molar-refractivity contribution is 5.73. The van der Waals surface area contributed by atoms with Crippen molar-refractivity contribution in [3.63, 3.8) is 0 Å². The van der Waals surface area contributed by atoms with Crippen LogP contribution in [0.25, 0.3) is 0 Å².